The molecule has 0 unspecified atom stereocenters. The van der Waals surface area contributed by atoms with Crippen molar-refractivity contribution in [3.8, 4) is 0 Å². The molecule has 4 nitrogen and oxygen atoms in total. The first-order valence-corrected chi connectivity index (χ1v) is 11.7. The second kappa shape index (κ2) is 11.4. The molecular formula is C27H24F7NO3. The Balaban J connectivity index is 1.69. The SMILES string of the molecule is OC[C@@H](O[C@H]1OCCN(Cc2ccccc2)[C@H]1c1ccc(F)cc1)c1cc(C(F)(F)F)cc(C(F)(F)F)c1. The zero-order valence-electron chi connectivity index (χ0n) is 19.8. The molecule has 0 aliphatic carbocycles. The van der Waals surface area contributed by atoms with E-state index in [-0.39, 0.29) is 12.7 Å². The van der Waals surface area contributed by atoms with E-state index in [0.717, 1.165) is 5.56 Å². The van der Waals surface area contributed by atoms with Crippen LogP contribution in [0.15, 0.2) is 72.8 Å². The van der Waals surface area contributed by atoms with Crippen LogP contribution in [-0.4, -0.2) is 36.1 Å². The van der Waals surface area contributed by atoms with Crippen molar-refractivity contribution in [2.75, 3.05) is 19.8 Å². The van der Waals surface area contributed by atoms with Crippen molar-refractivity contribution in [3.63, 3.8) is 0 Å². The Bertz CT molecular complexity index is 1170. The van der Waals surface area contributed by atoms with Gasteiger partial charge in [-0.15, -0.1) is 0 Å². The molecule has 4 rings (SSSR count). The van der Waals surface area contributed by atoms with Crippen molar-refractivity contribution in [2.45, 2.75) is 37.3 Å². The molecule has 1 N–H and O–H groups in total. The molecule has 1 aliphatic heterocycles. The van der Waals surface area contributed by atoms with E-state index in [2.05, 4.69) is 0 Å². The van der Waals surface area contributed by atoms with Crippen LogP contribution in [0.1, 0.15) is 40.0 Å². The van der Waals surface area contributed by atoms with Gasteiger partial charge in [-0.25, -0.2) is 4.39 Å². The van der Waals surface area contributed by atoms with Crippen LogP contribution in [0.25, 0.3) is 0 Å². The first-order chi connectivity index (χ1) is 18.0. The first kappa shape index (κ1) is 28.0. The molecule has 3 aromatic carbocycles. The number of morpholine rings is 1. The van der Waals surface area contributed by atoms with Gasteiger partial charge in [-0.05, 0) is 47.0 Å². The molecular weight excluding hydrogens is 519 g/mol. The van der Waals surface area contributed by atoms with Crippen LogP contribution in [-0.2, 0) is 28.4 Å². The fourth-order valence-corrected chi connectivity index (χ4v) is 4.38. The van der Waals surface area contributed by atoms with E-state index < -0.39 is 59.9 Å². The molecule has 0 saturated carbocycles. The third kappa shape index (κ3) is 6.71. The highest BCUT2D eigenvalue weighted by molar-refractivity contribution is 5.35. The lowest BCUT2D eigenvalue weighted by Gasteiger charge is -2.42. The number of alkyl halides is 6. The van der Waals surface area contributed by atoms with Crippen molar-refractivity contribution in [3.05, 3.63) is 106 Å². The minimum absolute atomic E-state index is 0.0119. The van der Waals surface area contributed by atoms with Gasteiger partial charge in [-0.3, -0.25) is 4.90 Å². The van der Waals surface area contributed by atoms with Gasteiger partial charge in [0.15, 0.2) is 6.29 Å². The smallest absolute Gasteiger partial charge is 0.393 e. The Labute approximate surface area is 214 Å². The molecule has 1 heterocycles. The number of hydrogen-bond acceptors (Lipinski definition) is 4. The third-order valence-electron chi connectivity index (χ3n) is 6.20. The molecule has 0 amide bonds. The normalized spacial score (nSPS) is 19.9. The number of benzene rings is 3. The second-order valence-corrected chi connectivity index (χ2v) is 8.84. The number of nitrogens with zero attached hydrogens (tertiary/aromatic N) is 1. The zero-order chi connectivity index (χ0) is 27.5. The summed E-state index contributed by atoms with van der Waals surface area (Å²) >= 11 is 0. The van der Waals surface area contributed by atoms with E-state index >= 15 is 0 Å². The maximum Gasteiger partial charge on any atom is 0.416 e. The van der Waals surface area contributed by atoms with Crippen LogP contribution in [0, 0.1) is 5.82 Å². The number of ether oxygens (including phenoxy) is 2. The van der Waals surface area contributed by atoms with E-state index in [0.29, 0.717) is 30.8 Å². The quantitative estimate of drug-likeness (QED) is 0.345. The monoisotopic (exact) mass is 543 g/mol. The maximum atomic E-state index is 13.7. The molecule has 0 aromatic heterocycles. The van der Waals surface area contributed by atoms with Gasteiger partial charge >= 0.3 is 12.4 Å². The Morgan fingerprint density at radius 1 is 0.895 bits per heavy atom. The largest absolute Gasteiger partial charge is 0.416 e. The number of aliphatic hydroxyl groups is 1. The minimum atomic E-state index is -5.06. The lowest BCUT2D eigenvalue weighted by Crippen LogP contribution is -2.46. The lowest BCUT2D eigenvalue weighted by atomic mass is 10.00. The Hall–Kier alpha value is -2.99. The molecule has 0 radical (unpaired) electrons. The molecule has 38 heavy (non-hydrogen) atoms. The average molecular weight is 543 g/mol. The van der Waals surface area contributed by atoms with Crippen molar-refractivity contribution in [1.82, 2.24) is 4.90 Å². The minimum Gasteiger partial charge on any atom is -0.393 e. The van der Waals surface area contributed by atoms with Crippen LogP contribution in [0.3, 0.4) is 0 Å². The molecule has 0 spiro atoms. The number of aliphatic hydroxyl groups excluding tert-OH is 1. The Morgan fingerprint density at radius 2 is 1.50 bits per heavy atom. The van der Waals surface area contributed by atoms with E-state index in [1.807, 2.05) is 35.2 Å². The molecule has 0 bridgehead atoms. The van der Waals surface area contributed by atoms with E-state index in [1.165, 1.54) is 24.3 Å². The van der Waals surface area contributed by atoms with E-state index in [1.54, 1.807) is 0 Å². The van der Waals surface area contributed by atoms with Crippen LogP contribution >= 0.6 is 0 Å². The third-order valence-corrected chi connectivity index (χ3v) is 6.20. The van der Waals surface area contributed by atoms with Crippen LogP contribution in [0.2, 0.25) is 0 Å². The van der Waals surface area contributed by atoms with Gasteiger partial charge in [0.2, 0.25) is 0 Å². The van der Waals surface area contributed by atoms with Gasteiger partial charge in [-0.1, -0.05) is 42.5 Å². The predicted molar refractivity (Wildman–Crippen MR) is 123 cm³/mol. The standard InChI is InChI=1S/C27H24F7NO3/c28-22-8-6-18(7-9-22)24-25(37-11-10-35(24)15-17-4-2-1-3-5-17)38-23(16-36)19-12-20(26(29,30)31)14-21(13-19)27(32,33)34/h1-9,12-14,23-25,36H,10-11,15-16H2/t23-,24+,25-/m1/s1. The highest BCUT2D eigenvalue weighted by Gasteiger charge is 2.40. The van der Waals surface area contributed by atoms with Crippen molar-refractivity contribution in [2.24, 2.45) is 0 Å². The van der Waals surface area contributed by atoms with Gasteiger partial charge < -0.3 is 14.6 Å². The second-order valence-electron chi connectivity index (χ2n) is 8.84. The molecule has 11 heteroatoms. The summed E-state index contributed by atoms with van der Waals surface area (Å²) in [6.07, 6.45) is -12.9. The molecule has 204 valence electrons. The molecule has 1 saturated heterocycles. The summed E-state index contributed by atoms with van der Waals surface area (Å²) in [4.78, 5) is 1.96. The van der Waals surface area contributed by atoms with Gasteiger partial charge in [0.05, 0.1) is 30.4 Å². The Morgan fingerprint density at radius 3 is 2.05 bits per heavy atom. The lowest BCUT2D eigenvalue weighted by molar-refractivity contribution is -0.238. The maximum absolute atomic E-state index is 13.7. The number of halogens is 7. The summed E-state index contributed by atoms with van der Waals surface area (Å²) in [6.45, 7) is 0.0665. The highest BCUT2D eigenvalue weighted by Crippen LogP contribution is 2.40. The Kier molecular flexibility index (Phi) is 8.41. The first-order valence-electron chi connectivity index (χ1n) is 11.7. The van der Waals surface area contributed by atoms with Crippen LogP contribution in [0.4, 0.5) is 30.7 Å². The van der Waals surface area contributed by atoms with Gasteiger partial charge in [0.25, 0.3) is 0 Å². The van der Waals surface area contributed by atoms with Crippen molar-refractivity contribution < 1.29 is 45.3 Å². The molecule has 1 fully saturated rings. The summed E-state index contributed by atoms with van der Waals surface area (Å²) in [5, 5.41) is 9.99. The summed E-state index contributed by atoms with van der Waals surface area (Å²) < 4.78 is 106. The van der Waals surface area contributed by atoms with Gasteiger partial charge in [-0.2, -0.15) is 26.3 Å². The topological polar surface area (TPSA) is 41.9 Å². The fraction of sp³-hybridized carbons (Fsp3) is 0.333. The molecule has 1 aliphatic rings. The molecule has 3 aromatic rings. The molecule has 3 atom stereocenters. The van der Waals surface area contributed by atoms with Gasteiger partial charge in [0, 0.05) is 13.1 Å². The fourth-order valence-electron chi connectivity index (χ4n) is 4.38. The van der Waals surface area contributed by atoms with Crippen LogP contribution < -0.4 is 0 Å². The van der Waals surface area contributed by atoms with Gasteiger partial charge in [0.1, 0.15) is 11.9 Å². The van der Waals surface area contributed by atoms with Crippen molar-refractivity contribution in [1.29, 1.82) is 0 Å². The predicted octanol–water partition coefficient (Wildman–Crippen LogP) is 6.51. The summed E-state index contributed by atoms with van der Waals surface area (Å²) in [5.41, 5.74) is -2.05. The van der Waals surface area contributed by atoms with Crippen molar-refractivity contribution >= 4 is 0 Å². The zero-order valence-corrected chi connectivity index (χ0v) is 19.8. The summed E-state index contributed by atoms with van der Waals surface area (Å²) in [6, 6.07) is 15.2. The number of rotatable bonds is 7. The summed E-state index contributed by atoms with van der Waals surface area (Å²) in [7, 11) is 0. The number of hydrogen-bond donors (Lipinski definition) is 1. The highest BCUT2D eigenvalue weighted by atomic mass is 19.4. The summed E-state index contributed by atoms with van der Waals surface area (Å²) in [5.74, 6) is -0.491. The van der Waals surface area contributed by atoms with Crippen LogP contribution in [0.5, 0.6) is 0 Å². The van der Waals surface area contributed by atoms with E-state index in [9.17, 15) is 35.8 Å². The average Bonchev–Trinajstić information content (AvgIpc) is 2.87. The van der Waals surface area contributed by atoms with E-state index in [4.69, 9.17) is 9.47 Å².